The highest BCUT2D eigenvalue weighted by molar-refractivity contribution is 7.92. The van der Waals surface area contributed by atoms with Crippen LogP contribution < -0.4 is 9.04 Å². The first kappa shape index (κ1) is 19.0. The molecule has 25 heavy (non-hydrogen) atoms. The third-order valence-corrected chi connectivity index (χ3v) is 4.64. The number of ketones is 1. The molecule has 2 aromatic rings. The zero-order chi connectivity index (χ0) is 18.6. The van der Waals surface area contributed by atoms with Crippen molar-refractivity contribution in [2.75, 3.05) is 17.1 Å². The van der Waals surface area contributed by atoms with Crippen molar-refractivity contribution < 1.29 is 22.7 Å². The molecule has 0 atom stereocenters. The number of benzene rings is 2. The van der Waals surface area contributed by atoms with Gasteiger partial charge in [-0.1, -0.05) is 17.7 Å². The van der Waals surface area contributed by atoms with Crippen LogP contribution in [0, 0.1) is 0 Å². The lowest BCUT2D eigenvalue weighted by atomic mass is 10.1. The maximum Gasteiger partial charge on any atom is 0.332 e. The monoisotopic (exact) mass is 381 g/mol. The first-order valence-electron chi connectivity index (χ1n) is 7.22. The second-order valence-electron chi connectivity index (χ2n) is 5.30. The smallest absolute Gasteiger partial charge is 0.332 e. The predicted molar refractivity (Wildman–Crippen MR) is 95.7 cm³/mol. The largest absolute Gasteiger partial charge is 0.425 e. The number of sulfonamides is 1. The molecule has 2 rings (SSSR count). The van der Waals surface area contributed by atoms with Gasteiger partial charge in [0.15, 0.2) is 5.78 Å². The molecule has 0 unspecified atom stereocenters. The number of rotatable bonds is 6. The van der Waals surface area contributed by atoms with E-state index in [0.717, 1.165) is 10.6 Å². The Labute approximate surface area is 151 Å². The van der Waals surface area contributed by atoms with Gasteiger partial charge in [-0.3, -0.25) is 9.10 Å². The van der Waals surface area contributed by atoms with Gasteiger partial charge >= 0.3 is 5.97 Å². The van der Waals surface area contributed by atoms with E-state index in [-0.39, 0.29) is 17.2 Å². The molecule has 0 amide bonds. The third-order valence-electron chi connectivity index (χ3n) is 3.26. The Bertz CT molecular complexity index is 894. The summed E-state index contributed by atoms with van der Waals surface area (Å²) in [5.41, 5.74) is 0.746. The molecular weight excluding hydrogens is 366 g/mol. The summed E-state index contributed by atoms with van der Waals surface area (Å²) in [6, 6.07) is 12.1. The Kier molecular flexibility index (Phi) is 5.81. The Morgan fingerprint density at radius 1 is 1.12 bits per heavy atom. The minimum Gasteiger partial charge on any atom is -0.425 e. The fourth-order valence-corrected chi connectivity index (χ4v) is 3.09. The van der Waals surface area contributed by atoms with Crippen LogP contribution in [0.25, 0.3) is 0 Å². The topological polar surface area (TPSA) is 80.8 Å². The molecule has 0 aliphatic rings. The molecule has 0 heterocycles. The third kappa shape index (κ3) is 5.30. The summed E-state index contributed by atoms with van der Waals surface area (Å²) in [5, 5.41) is 0.347. The van der Waals surface area contributed by atoms with Gasteiger partial charge in [-0.2, -0.15) is 0 Å². The average Bonchev–Trinajstić information content (AvgIpc) is 2.52. The number of anilines is 1. The van der Waals surface area contributed by atoms with E-state index in [0.29, 0.717) is 10.6 Å². The molecule has 0 aliphatic carbocycles. The molecule has 0 aliphatic heterocycles. The first-order chi connectivity index (χ1) is 11.7. The fourth-order valence-electron chi connectivity index (χ4n) is 2.07. The number of hydrogen-bond donors (Lipinski definition) is 0. The summed E-state index contributed by atoms with van der Waals surface area (Å²) in [6.07, 6.45) is 0.989. The van der Waals surface area contributed by atoms with Gasteiger partial charge in [0.1, 0.15) is 12.3 Å². The molecule has 0 aromatic heterocycles. The standard InChI is InChI=1S/C17H16ClNO5S/c1-12(20)13-6-8-16(9-7-13)24-17(21)11-19(25(2,22)23)15-5-3-4-14(18)10-15/h3-10H,11H2,1-2H3. The van der Waals surface area contributed by atoms with Crippen LogP contribution in [0.1, 0.15) is 17.3 Å². The van der Waals surface area contributed by atoms with E-state index in [4.69, 9.17) is 16.3 Å². The number of carbonyl (C=O) groups excluding carboxylic acids is 2. The van der Waals surface area contributed by atoms with Gasteiger partial charge in [0.05, 0.1) is 11.9 Å². The Hall–Kier alpha value is -2.38. The Morgan fingerprint density at radius 2 is 1.76 bits per heavy atom. The number of nitrogens with zero attached hydrogens (tertiary/aromatic N) is 1. The number of esters is 1. The van der Waals surface area contributed by atoms with Crippen LogP contribution in [0.2, 0.25) is 5.02 Å². The maximum absolute atomic E-state index is 12.1. The first-order valence-corrected chi connectivity index (χ1v) is 9.44. The highest BCUT2D eigenvalue weighted by Crippen LogP contribution is 2.22. The van der Waals surface area contributed by atoms with E-state index in [2.05, 4.69) is 0 Å². The summed E-state index contributed by atoms with van der Waals surface area (Å²) in [6.45, 7) is 0.920. The van der Waals surface area contributed by atoms with Crippen LogP contribution in [-0.4, -0.2) is 33.0 Å². The van der Waals surface area contributed by atoms with Crippen molar-refractivity contribution in [3.63, 3.8) is 0 Å². The second kappa shape index (κ2) is 7.67. The SMILES string of the molecule is CC(=O)c1ccc(OC(=O)CN(c2cccc(Cl)c2)S(C)(=O)=O)cc1. The van der Waals surface area contributed by atoms with Crippen molar-refractivity contribution >= 4 is 39.1 Å². The molecule has 6 nitrogen and oxygen atoms in total. The van der Waals surface area contributed by atoms with E-state index in [9.17, 15) is 18.0 Å². The molecule has 0 radical (unpaired) electrons. The molecular formula is C17H16ClNO5S. The van der Waals surface area contributed by atoms with Gasteiger partial charge in [-0.15, -0.1) is 0 Å². The lowest BCUT2D eigenvalue weighted by molar-refractivity contribution is -0.132. The van der Waals surface area contributed by atoms with E-state index in [1.807, 2.05) is 0 Å². The zero-order valence-electron chi connectivity index (χ0n) is 13.6. The normalized spacial score (nSPS) is 11.0. The summed E-state index contributed by atoms with van der Waals surface area (Å²) in [4.78, 5) is 23.3. The number of Topliss-reactive ketones (excluding diaryl/α,β-unsaturated/α-hetero) is 1. The quantitative estimate of drug-likeness (QED) is 0.436. The molecule has 0 N–H and O–H groups in total. The van der Waals surface area contributed by atoms with Gasteiger partial charge in [-0.25, -0.2) is 13.2 Å². The van der Waals surface area contributed by atoms with Crippen molar-refractivity contribution in [2.24, 2.45) is 0 Å². The van der Waals surface area contributed by atoms with Gasteiger partial charge in [0.2, 0.25) is 10.0 Å². The maximum atomic E-state index is 12.1. The van der Waals surface area contributed by atoms with Crippen molar-refractivity contribution in [3.05, 3.63) is 59.1 Å². The van der Waals surface area contributed by atoms with Crippen LogP contribution in [0.5, 0.6) is 5.75 Å². The van der Waals surface area contributed by atoms with Crippen molar-refractivity contribution in [1.82, 2.24) is 0 Å². The van der Waals surface area contributed by atoms with Gasteiger partial charge in [-0.05, 0) is 49.4 Å². The van der Waals surface area contributed by atoms with E-state index < -0.39 is 22.5 Å². The van der Waals surface area contributed by atoms with Crippen molar-refractivity contribution in [2.45, 2.75) is 6.92 Å². The second-order valence-corrected chi connectivity index (χ2v) is 7.65. The molecule has 0 spiro atoms. The minimum absolute atomic E-state index is 0.109. The highest BCUT2D eigenvalue weighted by atomic mass is 35.5. The summed E-state index contributed by atoms with van der Waals surface area (Å²) >= 11 is 5.88. The minimum atomic E-state index is -3.71. The number of carbonyl (C=O) groups is 2. The van der Waals surface area contributed by atoms with E-state index in [1.165, 1.54) is 43.3 Å². The van der Waals surface area contributed by atoms with Crippen LogP contribution in [0.4, 0.5) is 5.69 Å². The summed E-state index contributed by atoms with van der Waals surface area (Å²) < 4.78 is 30.0. The number of ether oxygens (including phenoxy) is 1. The molecule has 0 fully saturated rings. The highest BCUT2D eigenvalue weighted by Gasteiger charge is 2.22. The van der Waals surface area contributed by atoms with Gasteiger partial charge in [0.25, 0.3) is 0 Å². The molecule has 0 saturated carbocycles. The fraction of sp³-hybridized carbons (Fsp3) is 0.176. The van der Waals surface area contributed by atoms with Crippen molar-refractivity contribution in [1.29, 1.82) is 0 Å². The van der Waals surface area contributed by atoms with Gasteiger partial charge < -0.3 is 4.74 Å². The molecule has 0 saturated heterocycles. The van der Waals surface area contributed by atoms with Crippen LogP contribution >= 0.6 is 11.6 Å². The summed E-state index contributed by atoms with van der Waals surface area (Å²) in [5.74, 6) is -0.655. The molecule has 2 aromatic carbocycles. The number of hydrogen-bond acceptors (Lipinski definition) is 5. The lowest BCUT2D eigenvalue weighted by Crippen LogP contribution is -2.36. The van der Waals surface area contributed by atoms with E-state index in [1.54, 1.807) is 12.1 Å². The predicted octanol–water partition coefficient (Wildman–Crippen LogP) is 2.91. The number of halogens is 1. The van der Waals surface area contributed by atoms with Crippen molar-refractivity contribution in [3.8, 4) is 5.75 Å². The average molecular weight is 382 g/mol. The van der Waals surface area contributed by atoms with Crippen LogP contribution in [0.3, 0.4) is 0 Å². The molecule has 0 bridgehead atoms. The van der Waals surface area contributed by atoms with Crippen LogP contribution in [0.15, 0.2) is 48.5 Å². The zero-order valence-corrected chi connectivity index (χ0v) is 15.2. The van der Waals surface area contributed by atoms with Gasteiger partial charge in [0, 0.05) is 10.6 Å². The Morgan fingerprint density at radius 3 is 2.28 bits per heavy atom. The van der Waals surface area contributed by atoms with Crippen LogP contribution in [-0.2, 0) is 14.8 Å². The Balaban J connectivity index is 2.16. The lowest BCUT2D eigenvalue weighted by Gasteiger charge is -2.21. The van der Waals surface area contributed by atoms with E-state index >= 15 is 0 Å². The molecule has 8 heteroatoms. The summed E-state index contributed by atoms with van der Waals surface area (Å²) in [7, 11) is -3.71. The molecule has 132 valence electrons.